The van der Waals surface area contributed by atoms with E-state index in [1.165, 1.54) is 10.4 Å². The molecule has 1 N–H and O–H groups in total. The van der Waals surface area contributed by atoms with Crippen molar-refractivity contribution >= 4 is 17.2 Å². The second-order valence-electron chi connectivity index (χ2n) is 5.11. The highest BCUT2D eigenvalue weighted by Crippen LogP contribution is 2.15. The van der Waals surface area contributed by atoms with Crippen LogP contribution >= 0.6 is 11.3 Å². The number of aryl methyl sites for hydroxylation is 1. The zero-order chi connectivity index (χ0) is 15.4. The molecule has 4 nitrogen and oxygen atoms in total. The van der Waals surface area contributed by atoms with Gasteiger partial charge in [0.2, 0.25) is 0 Å². The first kappa shape index (κ1) is 14.5. The van der Waals surface area contributed by atoms with Gasteiger partial charge in [0.15, 0.2) is 0 Å². The molecule has 0 atom stereocenters. The number of thiophene rings is 1. The Bertz CT molecular complexity index is 745. The highest BCUT2D eigenvalue weighted by Gasteiger charge is 2.07. The van der Waals surface area contributed by atoms with Crippen LogP contribution in [0.4, 0.5) is 0 Å². The summed E-state index contributed by atoms with van der Waals surface area (Å²) in [6.45, 7) is 3.35. The highest BCUT2D eigenvalue weighted by molar-refractivity contribution is 7.10. The van der Waals surface area contributed by atoms with Crippen molar-refractivity contribution in [3.63, 3.8) is 0 Å². The quantitative estimate of drug-likeness (QED) is 0.786. The molecule has 22 heavy (non-hydrogen) atoms. The topological polar surface area (TPSA) is 46.9 Å². The molecule has 2 aromatic heterocycles. The lowest BCUT2D eigenvalue weighted by atomic mass is 10.1. The first-order valence-electron chi connectivity index (χ1n) is 7.10. The van der Waals surface area contributed by atoms with E-state index in [1.54, 1.807) is 17.5 Å². The molecule has 1 aromatic carbocycles. The Hall–Kier alpha value is -2.40. The van der Waals surface area contributed by atoms with Gasteiger partial charge in [0.25, 0.3) is 5.91 Å². The second kappa shape index (κ2) is 6.58. The fraction of sp³-hybridized carbons (Fsp3) is 0.176. The Morgan fingerprint density at radius 1 is 1.27 bits per heavy atom. The summed E-state index contributed by atoms with van der Waals surface area (Å²) in [6.07, 6.45) is 3.68. The summed E-state index contributed by atoms with van der Waals surface area (Å²) in [5.74, 6) is -0.0431. The molecule has 3 rings (SSSR count). The predicted molar refractivity (Wildman–Crippen MR) is 88.0 cm³/mol. The van der Waals surface area contributed by atoms with Gasteiger partial charge >= 0.3 is 0 Å². The fourth-order valence-electron chi connectivity index (χ4n) is 2.19. The molecular weight excluding hydrogens is 294 g/mol. The molecule has 0 aliphatic rings. The molecule has 5 heteroatoms. The maximum atomic E-state index is 12.2. The third-order valence-electron chi connectivity index (χ3n) is 3.50. The minimum atomic E-state index is -0.0431. The number of rotatable bonds is 5. The Morgan fingerprint density at radius 2 is 2.09 bits per heavy atom. The van der Waals surface area contributed by atoms with E-state index >= 15 is 0 Å². The molecule has 3 aromatic rings. The van der Waals surface area contributed by atoms with Crippen molar-refractivity contribution in [1.29, 1.82) is 0 Å². The normalized spacial score (nSPS) is 10.6. The van der Waals surface area contributed by atoms with Gasteiger partial charge in [0.05, 0.1) is 13.1 Å². The van der Waals surface area contributed by atoms with Gasteiger partial charge in [-0.15, -0.1) is 11.3 Å². The SMILES string of the molecule is Cc1ccsc1CNC(=O)c1ccc(Cn2cccn2)cc1. The van der Waals surface area contributed by atoms with Gasteiger partial charge in [-0.1, -0.05) is 12.1 Å². The molecule has 0 aliphatic heterocycles. The number of hydrogen-bond acceptors (Lipinski definition) is 3. The number of nitrogens with one attached hydrogen (secondary N) is 1. The van der Waals surface area contributed by atoms with E-state index in [2.05, 4.69) is 23.4 Å². The van der Waals surface area contributed by atoms with Gasteiger partial charge in [-0.2, -0.15) is 5.10 Å². The molecule has 0 saturated carbocycles. The van der Waals surface area contributed by atoms with Gasteiger partial charge in [0, 0.05) is 22.8 Å². The Labute approximate surface area is 133 Å². The lowest BCUT2D eigenvalue weighted by Gasteiger charge is -2.06. The van der Waals surface area contributed by atoms with Gasteiger partial charge in [-0.05, 0) is 47.7 Å². The van der Waals surface area contributed by atoms with Crippen LogP contribution in [0.25, 0.3) is 0 Å². The smallest absolute Gasteiger partial charge is 0.251 e. The lowest BCUT2D eigenvalue weighted by molar-refractivity contribution is 0.0951. The van der Waals surface area contributed by atoms with Crippen LogP contribution in [0.3, 0.4) is 0 Å². The first-order valence-corrected chi connectivity index (χ1v) is 7.98. The standard InChI is InChI=1S/C17H17N3OS/c1-13-7-10-22-16(13)11-18-17(21)15-5-3-14(4-6-15)12-20-9-2-8-19-20/h2-10H,11-12H2,1H3,(H,18,21). The molecule has 1 amide bonds. The van der Waals surface area contributed by atoms with E-state index in [9.17, 15) is 4.79 Å². The molecule has 0 aliphatic carbocycles. The second-order valence-corrected chi connectivity index (χ2v) is 6.11. The average Bonchev–Trinajstić information content (AvgIpc) is 3.17. The highest BCUT2D eigenvalue weighted by atomic mass is 32.1. The average molecular weight is 311 g/mol. The molecule has 0 radical (unpaired) electrons. The summed E-state index contributed by atoms with van der Waals surface area (Å²) >= 11 is 1.67. The maximum absolute atomic E-state index is 12.2. The van der Waals surface area contributed by atoms with Crippen LogP contribution in [0.5, 0.6) is 0 Å². The van der Waals surface area contributed by atoms with Gasteiger partial charge in [-0.25, -0.2) is 0 Å². The summed E-state index contributed by atoms with van der Waals surface area (Å²) in [5, 5.41) is 9.18. The van der Waals surface area contributed by atoms with E-state index in [0.29, 0.717) is 18.7 Å². The molecule has 0 unspecified atom stereocenters. The molecule has 2 heterocycles. The van der Waals surface area contributed by atoms with Crippen LogP contribution in [-0.4, -0.2) is 15.7 Å². The number of nitrogens with zero attached hydrogens (tertiary/aromatic N) is 2. The number of carbonyl (C=O) groups excluding carboxylic acids is 1. The molecule has 0 saturated heterocycles. The van der Waals surface area contributed by atoms with E-state index < -0.39 is 0 Å². The lowest BCUT2D eigenvalue weighted by Crippen LogP contribution is -2.22. The van der Waals surface area contributed by atoms with Crippen LogP contribution in [0, 0.1) is 6.92 Å². The van der Waals surface area contributed by atoms with Gasteiger partial charge in [-0.3, -0.25) is 9.48 Å². The zero-order valence-corrected chi connectivity index (χ0v) is 13.1. The third kappa shape index (κ3) is 3.43. The number of carbonyl (C=O) groups is 1. The van der Waals surface area contributed by atoms with Crippen molar-refractivity contribution < 1.29 is 4.79 Å². The van der Waals surface area contributed by atoms with Crippen molar-refractivity contribution in [3.8, 4) is 0 Å². The Balaban J connectivity index is 1.60. The molecule has 112 valence electrons. The Kier molecular flexibility index (Phi) is 4.34. The van der Waals surface area contributed by atoms with Crippen LogP contribution < -0.4 is 5.32 Å². The third-order valence-corrected chi connectivity index (χ3v) is 4.52. The summed E-state index contributed by atoms with van der Waals surface area (Å²) in [6, 6.07) is 11.6. The zero-order valence-electron chi connectivity index (χ0n) is 12.3. The summed E-state index contributed by atoms with van der Waals surface area (Å²) < 4.78 is 1.86. The van der Waals surface area contributed by atoms with E-state index in [1.807, 2.05) is 46.6 Å². The number of benzene rings is 1. The number of aromatic nitrogens is 2. The van der Waals surface area contributed by atoms with Gasteiger partial charge < -0.3 is 5.32 Å². The van der Waals surface area contributed by atoms with Crippen molar-refractivity contribution in [2.75, 3.05) is 0 Å². The summed E-state index contributed by atoms with van der Waals surface area (Å²) in [5.41, 5.74) is 3.02. The monoisotopic (exact) mass is 311 g/mol. The van der Waals surface area contributed by atoms with Crippen molar-refractivity contribution in [3.05, 3.63) is 75.7 Å². The Morgan fingerprint density at radius 3 is 2.73 bits per heavy atom. The van der Waals surface area contributed by atoms with Crippen LogP contribution in [0.15, 0.2) is 54.2 Å². The molecule has 0 bridgehead atoms. The van der Waals surface area contributed by atoms with E-state index in [-0.39, 0.29) is 5.91 Å². The van der Waals surface area contributed by atoms with Crippen molar-refractivity contribution in [2.45, 2.75) is 20.0 Å². The maximum Gasteiger partial charge on any atom is 0.251 e. The molecule has 0 fully saturated rings. The summed E-state index contributed by atoms with van der Waals surface area (Å²) in [7, 11) is 0. The van der Waals surface area contributed by atoms with Crippen LogP contribution in [0.1, 0.15) is 26.4 Å². The molecular formula is C17H17N3OS. The van der Waals surface area contributed by atoms with E-state index in [0.717, 1.165) is 5.56 Å². The van der Waals surface area contributed by atoms with Crippen LogP contribution in [-0.2, 0) is 13.1 Å². The van der Waals surface area contributed by atoms with Crippen LogP contribution in [0.2, 0.25) is 0 Å². The predicted octanol–water partition coefficient (Wildman–Crippen LogP) is 3.23. The number of amides is 1. The first-order chi connectivity index (χ1) is 10.7. The minimum Gasteiger partial charge on any atom is -0.347 e. The number of hydrogen-bond donors (Lipinski definition) is 1. The van der Waals surface area contributed by atoms with Crippen molar-refractivity contribution in [2.24, 2.45) is 0 Å². The largest absolute Gasteiger partial charge is 0.347 e. The molecule has 0 spiro atoms. The van der Waals surface area contributed by atoms with E-state index in [4.69, 9.17) is 0 Å². The van der Waals surface area contributed by atoms with Gasteiger partial charge in [0.1, 0.15) is 0 Å². The summed E-state index contributed by atoms with van der Waals surface area (Å²) in [4.78, 5) is 13.4. The fourth-order valence-corrected chi connectivity index (χ4v) is 3.04. The van der Waals surface area contributed by atoms with Crippen molar-refractivity contribution in [1.82, 2.24) is 15.1 Å². The minimum absolute atomic E-state index is 0.0431.